The Balaban J connectivity index is 2.04. The van der Waals surface area contributed by atoms with Gasteiger partial charge in [-0.1, -0.05) is 34.1 Å². The molecule has 1 aliphatic carbocycles. The van der Waals surface area contributed by atoms with Gasteiger partial charge in [-0.25, -0.2) is 0 Å². The summed E-state index contributed by atoms with van der Waals surface area (Å²) in [6.07, 6.45) is 8.51. The number of ether oxygens (including phenoxy) is 1. The highest BCUT2D eigenvalue weighted by atomic mass is 16.5. The smallest absolute Gasteiger partial charge is 0.234 e. The first-order valence-corrected chi connectivity index (χ1v) is 8.32. The van der Waals surface area contributed by atoms with Crippen LogP contribution in [0.1, 0.15) is 53.4 Å². The minimum absolute atomic E-state index is 0.268. The van der Waals surface area contributed by atoms with Crippen molar-refractivity contribution >= 4 is 5.82 Å². The van der Waals surface area contributed by atoms with Crippen LogP contribution in [0.3, 0.4) is 0 Å². The first-order valence-electron chi connectivity index (χ1n) is 8.32. The summed E-state index contributed by atoms with van der Waals surface area (Å²) < 4.78 is 6.21. The SMILES string of the molecule is CCCNc1cncc(OC2CC(C)CCC2C(C)C)n1. The molecule has 3 atom stereocenters. The van der Waals surface area contributed by atoms with Crippen molar-refractivity contribution in [2.45, 2.75) is 59.5 Å². The molecule has 1 N–H and O–H groups in total. The van der Waals surface area contributed by atoms with Gasteiger partial charge in [-0.15, -0.1) is 0 Å². The molecular formula is C17H29N3O. The van der Waals surface area contributed by atoms with Crippen LogP contribution in [0.15, 0.2) is 12.4 Å². The Bertz CT molecular complexity index is 436. The Morgan fingerprint density at radius 1 is 1.33 bits per heavy atom. The van der Waals surface area contributed by atoms with Gasteiger partial charge >= 0.3 is 0 Å². The van der Waals surface area contributed by atoms with Crippen molar-refractivity contribution in [1.82, 2.24) is 9.97 Å². The van der Waals surface area contributed by atoms with Gasteiger partial charge in [-0.2, -0.15) is 4.98 Å². The van der Waals surface area contributed by atoms with Crippen LogP contribution in [0.25, 0.3) is 0 Å². The van der Waals surface area contributed by atoms with Crippen LogP contribution in [-0.2, 0) is 0 Å². The highest BCUT2D eigenvalue weighted by molar-refractivity contribution is 5.33. The molecule has 4 nitrogen and oxygen atoms in total. The number of aromatic nitrogens is 2. The second-order valence-electron chi connectivity index (χ2n) is 6.65. The standard InChI is InChI=1S/C17H29N3O/c1-5-8-19-16-10-18-11-17(20-16)21-15-9-13(4)6-7-14(15)12(2)3/h10-15H,5-9H2,1-4H3,(H,19,20). The van der Waals surface area contributed by atoms with Crippen LogP contribution in [0.5, 0.6) is 5.88 Å². The van der Waals surface area contributed by atoms with Crippen molar-refractivity contribution in [3.63, 3.8) is 0 Å². The van der Waals surface area contributed by atoms with E-state index in [1.807, 2.05) is 0 Å². The molecule has 1 fully saturated rings. The van der Waals surface area contributed by atoms with Crippen molar-refractivity contribution in [2.24, 2.45) is 17.8 Å². The van der Waals surface area contributed by atoms with E-state index >= 15 is 0 Å². The molecule has 3 unspecified atom stereocenters. The second-order valence-corrected chi connectivity index (χ2v) is 6.65. The molecule has 2 rings (SSSR count). The van der Waals surface area contributed by atoms with Crippen LogP contribution in [0.2, 0.25) is 0 Å². The van der Waals surface area contributed by atoms with E-state index in [4.69, 9.17) is 4.74 Å². The summed E-state index contributed by atoms with van der Waals surface area (Å²) in [5, 5.41) is 3.26. The van der Waals surface area contributed by atoms with E-state index in [2.05, 4.69) is 43.0 Å². The molecule has 0 aliphatic heterocycles. The topological polar surface area (TPSA) is 47.0 Å². The molecule has 0 radical (unpaired) electrons. The number of nitrogens with one attached hydrogen (secondary N) is 1. The fraction of sp³-hybridized carbons (Fsp3) is 0.765. The lowest BCUT2D eigenvalue weighted by molar-refractivity contribution is 0.0424. The Morgan fingerprint density at radius 2 is 2.14 bits per heavy atom. The van der Waals surface area contributed by atoms with Gasteiger partial charge in [0.05, 0.1) is 12.4 Å². The molecule has 4 heteroatoms. The molecule has 1 aliphatic rings. The highest BCUT2D eigenvalue weighted by Gasteiger charge is 2.32. The third-order valence-corrected chi connectivity index (χ3v) is 4.40. The number of rotatable bonds is 6. The maximum atomic E-state index is 6.21. The molecule has 1 aromatic rings. The van der Waals surface area contributed by atoms with Gasteiger partial charge in [0.1, 0.15) is 11.9 Å². The van der Waals surface area contributed by atoms with Gasteiger partial charge in [0.2, 0.25) is 5.88 Å². The fourth-order valence-corrected chi connectivity index (χ4v) is 3.15. The van der Waals surface area contributed by atoms with E-state index in [9.17, 15) is 0 Å². The summed E-state index contributed by atoms with van der Waals surface area (Å²) in [6, 6.07) is 0. The van der Waals surface area contributed by atoms with Crippen LogP contribution in [-0.4, -0.2) is 22.6 Å². The summed E-state index contributed by atoms with van der Waals surface area (Å²) >= 11 is 0. The fourth-order valence-electron chi connectivity index (χ4n) is 3.15. The van der Waals surface area contributed by atoms with Crippen LogP contribution >= 0.6 is 0 Å². The molecule has 1 heterocycles. The van der Waals surface area contributed by atoms with E-state index in [0.717, 1.165) is 31.1 Å². The van der Waals surface area contributed by atoms with E-state index in [0.29, 0.717) is 17.7 Å². The van der Waals surface area contributed by atoms with Crippen molar-refractivity contribution in [3.05, 3.63) is 12.4 Å². The van der Waals surface area contributed by atoms with Crippen molar-refractivity contribution in [2.75, 3.05) is 11.9 Å². The second kappa shape index (κ2) is 7.62. The van der Waals surface area contributed by atoms with Crippen LogP contribution in [0, 0.1) is 17.8 Å². The number of hydrogen-bond donors (Lipinski definition) is 1. The molecule has 0 amide bonds. The average Bonchev–Trinajstić information content (AvgIpc) is 2.45. The lowest BCUT2D eigenvalue weighted by Gasteiger charge is -2.36. The monoisotopic (exact) mass is 291 g/mol. The van der Waals surface area contributed by atoms with Gasteiger partial charge in [0.25, 0.3) is 0 Å². The molecule has 1 aromatic heterocycles. The highest BCUT2D eigenvalue weighted by Crippen LogP contribution is 2.35. The Labute approximate surface area is 128 Å². The molecule has 118 valence electrons. The van der Waals surface area contributed by atoms with Crippen molar-refractivity contribution in [3.8, 4) is 5.88 Å². The van der Waals surface area contributed by atoms with Crippen LogP contribution in [0.4, 0.5) is 5.82 Å². The van der Waals surface area contributed by atoms with Crippen LogP contribution < -0.4 is 10.1 Å². The predicted octanol–water partition coefficient (Wildman–Crippen LogP) is 4.14. The third-order valence-electron chi connectivity index (χ3n) is 4.40. The Hall–Kier alpha value is -1.32. The van der Waals surface area contributed by atoms with Gasteiger partial charge < -0.3 is 10.1 Å². The zero-order chi connectivity index (χ0) is 15.2. The summed E-state index contributed by atoms with van der Waals surface area (Å²) in [5.74, 6) is 3.46. The van der Waals surface area contributed by atoms with Gasteiger partial charge in [-0.3, -0.25) is 4.98 Å². The number of hydrogen-bond acceptors (Lipinski definition) is 4. The lowest BCUT2D eigenvalue weighted by atomic mass is 9.75. The molecule has 0 bridgehead atoms. The van der Waals surface area contributed by atoms with Gasteiger partial charge in [0, 0.05) is 6.54 Å². The minimum atomic E-state index is 0.268. The summed E-state index contributed by atoms with van der Waals surface area (Å²) in [4.78, 5) is 8.77. The van der Waals surface area contributed by atoms with E-state index < -0.39 is 0 Å². The Morgan fingerprint density at radius 3 is 2.86 bits per heavy atom. The molecule has 1 saturated carbocycles. The maximum absolute atomic E-state index is 6.21. The summed E-state index contributed by atoms with van der Waals surface area (Å²) in [5.41, 5.74) is 0. The first kappa shape index (κ1) is 16.1. The number of nitrogens with zero attached hydrogens (tertiary/aromatic N) is 2. The molecule has 0 saturated heterocycles. The summed E-state index contributed by atoms with van der Waals surface area (Å²) in [7, 11) is 0. The zero-order valence-corrected chi connectivity index (χ0v) is 13.8. The zero-order valence-electron chi connectivity index (χ0n) is 13.8. The molecule has 0 aromatic carbocycles. The Kier molecular flexibility index (Phi) is 5.83. The van der Waals surface area contributed by atoms with Gasteiger partial charge in [0.15, 0.2) is 0 Å². The number of anilines is 1. The van der Waals surface area contributed by atoms with Gasteiger partial charge in [-0.05, 0) is 37.0 Å². The first-order chi connectivity index (χ1) is 10.1. The molecular weight excluding hydrogens is 262 g/mol. The predicted molar refractivity (Wildman–Crippen MR) is 86.6 cm³/mol. The lowest BCUT2D eigenvalue weighted by Crippen LogP contribution is -2.36. The van der Waals surface area contributed by atoms with Crippen molar-refractivity contribution < 1.29 is 4.74 Å². The summed E-state index contributed by atoms with van der Waals surface area (Å²) in [6.45, 7) is 9.95. The van der Waals surface area contributed by atoms with E-state index in [1.165, 1.54) is 12.8 Å². The maximum Gasteiger partial charge on any atom is 0.234 e. The third kappa shape index (κ3) is 4.58. The average molecular weight is 291 g/mol. The molecule has 21 heavy (non-hydrogen) atoms. The minimum Gasteiger partial charge on any atom is -0.473 e. The largest absolute Gasteiger partial charge is 0.473 e. The molecule has 0 spiro atoms. The normalized spacial score (nSPS) is 25.9. The quantitative estimate of drug-likeness (QED) is 0.855. The van der Waals surface area contributed by atoms with E-state index in [-0.39, 0.29) is 6.10 Å². The van der Waals surface area contributed by atoms with Crippen molar-refractivity contribution in [1.29, 1.82) is 0 Å². The van der Waals surface area contributed by atoms with E-state index in [1.54, 1.807) is 12.4 Å².